The molecule has 0 aromatic carbocycles. The molecule has 2 rings (SSSR count). The van der Waals surface area contributed by atoms with Crippen LogP contribution >= 0.6 is 11.6 Å². The summed E-state index contributed by atoms with van der Waals surface area (Å²) in [4.78, 5) is 20.4. The van der Waals surface area contributed by atoms with E-state index in [1.165, 1.54) is 30.7 Å². The van der Waals surface area contributed by atoms with Crippen molar-refractivity contribution >= 4 is 17.6 Å². The highest BCUT2D eigenvalue weighted by molar-refractivity contribution is 6.32. The third kappa shape index (κ3) is 6.54. The number of carbonyl (C=O) groups is 1. The quantitative estimate of drug-likeness (QED) is 0.334. The number of aromatic nitrogens is 3. The first-order valence-electron chi connectivity index (χ1n) is 9.73. The molecule has 0 unspecified atom stereocenters. The van der Waals surface area contributed by atoms with Crippen LogP contribution in [0.4, 0.5) is 22.0 Å². The number of rotatable bonds is 9. The van der Waals surface area contributed by atoms with Crippen molar-refractivity contribution in [1.29, 1.82) is 0 Å². The van der Waals surface area contributed by atoms with Crippen molar-refractivity contribution in [2.45, 2.75) is 59.7 Å². The molecule has 2 heterocycles. The zero-order valence-electron chi connectivity index (χ0n) is 17.9. The number of halogens is 6. The zero-order valence-corrected chi connectivity index (χ0v) is 18.7. The average molecular weight is 484 g/mol. The molecule has 32 heavy (non-hydrogen) atoms. The van der Waals surface area contributed by atoms with Crippen molar-refractivity contribution in [1.82, 2.24) is 14.5 Å². The lowest BCUT2D eigenvalue weighted by atomic mass is 9.83. The van der Waals surface area contributed by atoms with Gasteiger partial charge in [-0.15, -0.1) is 0 Å². The molecule has 0 amide bonds. The van der Waals surface area contributed by atoms with Crippen LogP contribution in [0.3, 0.4) is 0 Å². The number of nitrogens with zero attached hydrogens (tertiary/aromatic N) is 3. The Hall–Kier alpha value is -2.43. The van der Waals surface area contributed by atoms with Gasteiger partial charge in [-0.05, 0) is 30.4 Å². The Bertz CT molecular complexity index is 961. The second kappa shape index (κ2) is 10.0. The molecule has 0 radical (unpaired) electrons. The van der Waals surface area contributed by atoms with E-state index < -0.39 is 36.3 Å². The highest BCUT2D eigenvalue weighted by Gasteiger charge is 2.36. The van der Waals surface area contributed by atoms with E-state index >= 15 is 0 Å². The number of esters is 1. The molecule has 0 fully saturated rings. The summed E-state index contributed by atoms with van der Waals surface area (Å²) in [5.74, 6) is -1.15. The van der Waals surface area contributed by atoms with Crippen LogP contribution < -0.4 is 4.74 Å². The van der Waals surface area contributed by atoms with Crippen LogP contribution in [0, 0.1) is 5.41 Å². The van der Waals surface area contributed by atoms with Gasteiger partial charge in [0.1, 0.15) is 11.0 Å². The van der Waals surface area contributed by atoms with Crippen LogP contribution in [-0.4, -0.2) is 39.9 Å². The molecule has 0 aliphatic carbocycles. The zero-order chi connectivity index (χ0) is 24.3. The van der Waals surface area contributed by atoms with E-state index in [1.807, 2.05) is 0 Å². The lowest BCUT2D eigenvalue weighted by molar-refractivity contribution is -0.154. The first-order valence-corrected chi connectivity index (χ1v) is 10.1. The van der Waals surface area contributed by atoms with Gasteiger partial charge in [-0.25, -0.2) is 14.8 Å². The van der Waals surface area contributed by atoms with Gasteiger partial charge < -0.3 is 9.47 Å². The van der Waals surface area contributed by atoms with Crippen molar-refractivity contribution in [3.8, 4) is 11.6 Å². The molecule has 178 valence electrons. The minimum Gasteiger partial charge on any atom is -0.461 e. The summed E-state index contributed by atoms with van der Waals surface area (Å²) in [7, 11) is 0. The Labute approximate surface area is 186 Å². The third-order valence-corrected chi connectivity index (χ3v) is 4.70. The summed E-state index contributed by atoms with van der Waals surface area (Å²) < 4.78 is 75.4. The topological polar surface area (TPSA) is 66.2 Å². The van der Waals surface area contributed by atoms with Gasteiger partial charge in [0.15, 0.2) is 17.3 Å². The maximum atomic E-state index is 13.1. The number of hydrogen-bond acceptors (Lipinski definition) is 5. The van der Waals surface area contributed by atoms with Crippen molar-refractivity contribution in [2.24, 2.45) is 5.41 Å². The second-order valence-corrected chi connectivity index (χ2v) is 8.11. The summed E-state index contributed by atoms with van der Waals surface area (Å²) in [6.45, 7) is 2.96. The predicted octanol–water partition coefficient (Wildman–Crippen LogP) is 5.78. The smallest absolute Gasteiger partial charge is 0.389 e. The van der Waals surface area contributed by atoms with E-state index in [0.29, 0.717) is 0 Å². The fourth-order valence-electron chi connectivity index (χ4n) is 3.31. The molecule has 0 spiro atoms. The van der Waals surface area contributed by atoms with E-state index in [-0.39, 0.29) is 47.5 Å². The number of hydrogen-bond donors (Lipinski definition) is 0. The van der Waals surface area contributed by atoms with Gasteiger partial charge in [-0.3, -0.25) is 4.57 Å². The van der Waals surface area contributed by atoms with Gasteiger partial charge in [0.2, 0.25) is 0 Å². The highest BCUT2D eigenvalue weighted by atomic mass is 35.5. The number of alkyl halides is 5. The standard InChI is InChI=1S/C20H23ClF5N3O3/c1-5-13-28-14(17(30)31-6-2)15(21)29(13)16-12(32-18(22)23)7-11(9-27-16)8-19(3,4)10-20(24,25)26/h7,9,18H,5-6,8,10H2,1-4H3. The lowest BCUT2D eigenvalue weighted by Gasteiger charge is -2.26. The van der Waals surface area contributed by atoms with Gasteiger partial charge in [0.05, 0.1) is 6.61 Å². The number of ether oxygens (including phenoxy) is 2. The summed E-state index contributed by atoms with van der Waals surface area (Å²) >= 11 is 6.29. The number of imidazole rings is 1. The van der Waals surface area contributed by atoms with Crippen LogP contribution in [0.1, 0.15) is 56.0 Å². The van der Waals surface area contributed by atoms with E-state index in [1.54, 1.807) is 13.8 Å². The van der Waals surface area contributed by atoms with Crippen LogP contribution in [0.15, 0.2) is 12.3 Å². The molecule has 0 aliphatic heterocycles. The molecule has 0 N–H and O–H groups in total. The Morgan fingerprint density at radius 1 is 1.25 bits per heavy atom. The molecule has 0 aliphatic rings. The summed E-state index contributed by atoms with van der Waals surface area (Å²) in [6, 6.07) is 1.19. The number of aryl methyl sites for hydroxylation is 1. The maximum absolute atomic E-state index is 13.1. The van der Waals surface area contributed by atoms with Crippen molar-refractivity contribution < 1.29 is 36.2 Å². The van der Waals surface area contributed by atoms with Gasteiger partial charge in [-0.1, -0.05) is 32.4 Å². The minimum atomic E-state index is -4.39. The monoisotopic (exact) mass is 483 g/mol. The first-order chi connectivity index (χ1) is 14.8. The predicted molar refractivity (Wildman–Crippen MR) is 106 cm³/mol. The number of carbonyl (C=O) groups excluding carboxylic acids is 1. The van der Waals surface area contributed by atoms with Gasteiger partial charge in [-0.2, -0.15) is 22.0 Å². The fraction of sp³-hybridized carbons (Fsp3) is 0.550. The average Bonchev–Trinajstić information content (AvgIpc) is 2.96. The van der Waals surface area contributed by atoms with Gasteiger partial charge >= 0.3 is 18.8 Å². The molecule has 0 bridgehead atoms. The van der Waals surface area contributed by atoms with E-state index in [9.17, 15) is 26.7 Å². The van der Waals surface area contributed by atoms with Crippen LogP contribution in [0.2, 0.25) is 5.15 Å². The van der Waals surface area contributed by atoms with E-state index in [0.717, 1.165) is 0 Å². The molecule has 12 heteroatoms. The maximum Gasteiger partial charge on any atom is 0.389 e. The molecule has 0 atom stereocenters. The van der Waals surface area contributed by atoms with Crippen molar-refractivity contribution in [3.05, 3.63) is 34.5 Å². The number of pyridine rings is 1. The van der Waals surface area contributed by atoms with E-state index in [4.69, 9.17) is 16.3 Å². The van der Waals surface area contributed by atoms with Crippen molar-refractivity contribution in [2.75, 3.05) is 6.61 Å². The van der Waals surface area contributed by atoms with Crippen molar-refractivity contribution in [3.63, 3.8) is 0 Å². The lowest BCUT2D eigenvalue weighted by Crippen LogP contribution is -2.24. The molecule has 6 nitrogen and oxygen atoms in total. The SMILES string of the molecule is CCOC(=O)c1nc(CC)n(-c2ncc(CC(C)(C)CC(F)(F)F)cc2OC(F)F)c1Cl. The molecule has 2 aromatic rings. The third-order valence-electron chi connectivity index (χ3n) is 4.35. The van der Waals surface area contributed by atoms with Crippen LogP contribution in [-0.2, 0) is 17.6 Å². The Balaban J connectivity index is 2.54. The van der Waals surface area contributed by atoms with E-state index in [2.05, 4.69) is 14.7 Å². The highest BCUT2D eigenvalue weighted by Crippen LogP contribution is 2.37. The first kappa shape index (κ1) is 25.8. The summed E-state index contributed by atoms with van der Waals surface area (Å²) in [5.41, 5.74) is -1.16. The van der Waals surface area contributed by atoms with Gasteiger partial charge in [0.25, 0.3) is 0 Å². The fourth-order valence-corrected chi connectivity index (χ4v) is 3.61. The minimum absolute atomic E-state index is 0.0733. The summed E-state index contributed by atoms with van der Waals surface area (Å²) in [6.07, 6.45) is -4.03. The normalized spacial score (nSPS) is 12.3. The Morgan fingerprint density at radius 3 is 2.44 bits per heavy atom. The molecule has 0 saturated carbocycles. The Kier molecular flexibility index (Phi) is 8.08. The second-order valence-electron chi connectivity index (χ2n) is 7.75. The summed E-state index contributed by atoms with van der Waals surface area (Å²) in [5, 5.41) is -0.211. The molecule has 0 saturated heterocycles. The van der Waals surface area contributed by atoms with Crippen LogP contribution in [0.5, 0.6) is 5.75 Å². The molecular formula is C20H23ClF5N3O3. The molecule has 2 aromatic heterocycles. The Morgan fingerprint density at radius 2 is 1.91 bits per heavy atom. The largest absolute Gasteiger partial charge is 0.461 e. The molecular weight excluding hydrogens is 461 g/mol. The van der Waals surface area contributed by atoms with Gasteiger partial charge in [0, 0.05) is 19.0 Å². The van der Waals surface area contributed by atoms with Crippen LogP contribution in [0.25, 0.3) is 5.82 Å².